The van der Waals surface area contributed by atoms with Gasteiger partial charge in [0.15, 0.2) is 5.11 Å². The van der Waals surface area contributed by atoms with E-state index in [1.165, 1.54) is 0 Å². The van der Waals surface area contributed by atoms with Crippen LogP contribution < -0.4 is 10.7 Å². The lowest BCUT2D eigenvalue weighted by Crippen LogP contribution is -2.52. The number of amides is 2. The molecule has 0 unspecified atom stereocenters. The molecule has 27 heavy (non-hydrogen) atoms. The van der Waals surface area contributed by atoms with Gasteiger partial charge in [0, 0.05) is 11.1 Å². The summed E-state index contributed by atoms with van der Waals surface area (Å²) in [7, 11) is 0. The predicted molar refractivity (Wildman–Crippen MR) is 110 cm³/mol. The van der Waals surface area contributed by atoms with Crippen molar-refractivity contribution in [2.24, 2.45) is 0 Å². The number of thiocarbonyl (C=S) groups is 1. The van der Waals surface area contributed by atoms with Crippen molar-refractivity contribution in [1.82, 2.24) is 10.4 Å². The van der Waals surface area contributed by atoms with Crippen LogP contribution in [0.5, 0.6) is 0 Å². The molecule has 3 aromatic rings. The molecule has 1 heterocycles. The van der Waals surface area contributed by atoms with Crippen LogP contribution in [0.15, 0.2) is 60.7 Å². The lowest BCUT2D eigenvalue weighted by atomic mass is 9.95. The van der Waals surface area contributed by atoms with Gasteiger partial charge in [0.2, 0.25) is 0 Å². The van der Waals surface area contributed by atoms with Gasteiger partial charge in [0.1, 0.15) is 0 Å². The first-order valence-corrected chi connectivity index (χ1v) is 9.06. The van der Waals surface area contributed by atoms with Gasteiger partial charge in [-0.05, 0) is 53.9 Å². The molecule has 0 aliphatic carbocycles. The molecule has 0 fully saturated rings. The first-order valence-electron chi connectivity index (χ1n) is 8.65. The number of carbonyl (C=O) groups excluding carboxylic acids is 2. The zero-order valence-electron chi connectivity index (χ0n) is 14.7. The Labute approximate surface area is 162 Å². The average Bonchev–Trinajstić information content (AvgIpc) is 2.69. The van der Waals surface area contributed by atoms with Crippen molar-refractivity contribution in [3.8, 4) is 0 Å². The maximum Gasteiger partial charge on any atom is 0.280 e. The van der Waals surface area contributed by atoms with Gasteiger partial charge in [0.25, 0.3) is 11.8 Å². The van der Waals surface area contributed by atoms with Crippen molar-refractivity contribution >= 4 is 45.6 Å². The molecule has 0 atom stereocenters. The molecule has 4 rings (SSSR count). The number of nitrogens with one attached hydrogen (secondary N) is 2. The number of benzene rings is 3. The van der Waals surface area contributed by atoms with Crippen LogP contribution in [-0.4, -0.2) is 21.9 Å². The van der Waals surface area contributed by atoms with Gasteiger partial charge in [0.05, 0.1) is 11.1 Å². The smallest absolute Gasteiger partial charge is 0.280 e. The van der Waals surface area contributed by atoms with Crippen LogP contribution in [0, 0.1) is 0 Å². The summed E-state index contributed by atoms with van der Waals surface area (Å²) in [6.45, 7) is 2.07. The molecule has 0 bridgehead atoms. The Hall–Kier alpha value is -3.25. The highest BCUT2D eigenvalue weighted by atomic mass is 32.1. The minimum absolute atomic E-state index is 0.177. The van der Waals surface area contributed by atoms with Crippen molar-refractivity contribution in [1.29, 1.82) is 0 Å². The van der Waals surface area contributed by atoms with Crippen LogP contribution in [0.2, 0.25) is 0 Å². The van der Waals surface area contributed by atoms with Gasteiger partial charge in [-0.1, -0.05) is 43.3 Å². The van der Waals surface area contributed by atoms with Gasteiger partial charge in [-0.25, -0.2) is 0 Å². The summed E-state index contributed by atoms with van der Waals surface area (Å²) in [6.07, 6.45) is 0.902. The molecular weight excluding hydrogens is 358 g/mol. The second-order valence-electron chi connectivity index (χ2n) is 6.27. The third-order valence-corrected chi connectivity index (χ3v) is 4.77. The summed E-state index contributed by atoms with van der Waals surface area (Å²) in [4.78, 5) is 25.7. The minimum Gasteiger partial charge on any atom is -0.331 e. The highest BCUT2D eigenvalue weighted by Crippen LogP contribution is 2.29. The first-order chi connectivity index (χ1) is 13.1. The van der Waals surface area contributed by atoms with Crippen molar-refractivity contribution in [3.05, 3.63) is 77.4 Å². The number of rotatable bonds is 3. The molecule has 5 nitrogen and oxygen atoms in total. The normalized spacial score (nSPS) is 13.0. The maximum atomic E-state index is 12.9. The molecule has 2 N–H and O–H groups in total. The van der Waals surface area contributed by atoms with E-state index >= 15 is 0 Å². The van der Waals surface area contributed by atoms with Crippen molar-refractivity contribution in [3.63, 3.8) is 0 Å². The number of imide groups is 1. The summed E-state index contributed by atoms with van der Waals surface area (Å²) in [5.41, 5.74) is 5.66. The SMILES string of the molecule is CCc1cccc(NC(=S)NN2C(=O)c3cccc4cccc(c34)C2=O)c1. The maximum absolute atomic E-state index is 12.9. The van der Waals surface area contributed by atoms with Crippen LogP contribution >= 0.6 is 12.2 Å². The fraction of sp³-hybridized carbons (Fsp3) is 0.0952. The molecule has 6 heteroatoms. The number of nitrogens with zero attached hydrogens (tertiary/aromatic N) is 1. The first kappa shape index (κ1) is 17.2. The van der Waals surface area contributed by atoms with Crippen LogP contribution in [0.3, 0.4) is 0 Å². The minimum atomic E-state index is -0.421. The Morgan fingerprint density at radius 1 is 0.963 bits per heavy atom. The summed E-state index contributed by atoms with van der Waals surface area (Å²) >= 11 is 5.31. The molecule has 0 radical (unpaired) electrons. The van der Waals surface area contributed by atoms with E-state index in [1.54, 1.807) is 24.3 Å². The fourth-order valence-electron chi connectivity index (χ4n) is 3.26. The average molecular weight is 375 g/mol. The number of aryl methyl sites for hydroxylation is 1. The number of hydrazine groups is 1. The topological polar surface area (TPSA) is 61.4 Å². The summed E-state index contributed by atoms with van der Waals surface area (Å²) in [6, 6.07) is 18.6. The fourth-order valence-corrected chi connectivity index (χ4v) is 3.47. The third-order valence-electron chi connectivity index (χ3n) is 4.58. The summed E-state index contributed by atoms with van der Waals surface area (Å²) < 4.78 is 0. The van der Waals surface area contributed by atoms with Crippen LogP contribution in [0.25, 0.3) is 10.8 Å². The Morgan fingerprint density at radius 2 is 1.59 bits per heavy atom. The molecular formula is C21H17N3O2S. The number of hydrogen-bond donors (Lipinski definition) is 2. The highest BCUT2D eigenvalue weighted by molar-refractivity contribution is 7.80. The van der Waals surface area contributed by atoms with Crippen molar-refractivity contribution in [2.45, 2.75) is 13.3 Å². The lowest BCUT2D eigenvalue weighted by molar-refractivity contribution is 0.0568. The second kappa shape index (κ2) is 6.81. The van der Waals surface area contributed by atoms with Gasteiger partial charge < -0.3 is 5.32 Å². The number of anilines is 1. The predicted octanol–water partition coefficient (Wildman–Crippen LogP) is 3.90. The van der Waals surface area contributed by atoms with E-state index < -0.39 is 11.8 Å². The third kappa shape index (κ3) is 3.04. The molecule has 0 saturated carbocycles. The van der Waals surface area contributed by atoms with E-state index in [9.17, 15) is 9.59 Å². The van der Waals surface area contributed by atoms with Crippen LogP contribution in [0.4, 0.5) is 5.69 Å². The Balaban J connectivity index is 1.60. The molecule has 0 saturated heterocycles. The van der Waals surface area contributed by atoms with E-state index in [0.717, 1.165) is 28.1 Å². The second-order valence-corrected chi connectivity index (χ2v) is 6.68. The summed E-state index contributed by atoms with van der Waals surface area (Å²) in [5, 5.41) is 5.72. The zero-order chi connectivity index (χ0) is 19.0. The molecule has 134 valence electrons. The molecule has 1 aliphatic rings. The zero-order valence-corrected chi connectivity index (χ0v) is 15.5. The molecule has 0 aromatic heterocycles. The van der Waals surface area contributed by atoms with E-state index in [0.29, 0.717) is 16.5 Å². The van der Waals surface area contributed by atoms with Gasteiger partial charge in [-0.2, -0.15) is 5.01 Å². The lowest BCUT2D eigenvalue weighted by Gasteiger charge is -2.28. The van der Waals surface area contributed by atoms with Gasteiger partial charge in [-0.15, -0.1) is 0 Å². The van der Waals surface area contributed by atoms with Gasteiger partial charge >= 0.3 is 0 Å². The number of carbonyl (C=O) groups is 2. The Morgan fingerprint density at radius 3 is 2.22 bits per heavy atom. The largest absolute Gasteiger partial charge is 0.331 e. The molecule has 1 aliphatic heterocycles. The molecule has 2 amide bonds. The van der Waals surface area contributed by atoms with Crippen LogP contribution in [0.1, 0.15) is 33.2 Å². The molecule has 0 spiro atoms. The standard InChI is InChI=1S/C21H17N3O2S/c1-2-13-6-3-9-15(12-13)22-21(27)23-24-19(25)16-10-4-7-14-8-5-11-17(18(14)16)20(24)26/h3-12H,2H2,1H3,(H2,22,23,27). The van der Waals surface area contributed by atoms with Crippen LogP contribution in [-0.2, 0) is 6.42 Å². The molecule has 3 aromatic carbocycles. The van der Waals surface area contributed by atoms with Crippen molar-refractivity contribution < 1.29 is 9.59 Å². The van der Waals surface area contributed by atoms with Crippen molar-refractivity contribution in [2.75, 3.05) is 5.32 Å². The van der Waals surface area contributed by atoms with E-state index in [1.807, 2.05) is 36.4 Å². The van der Waals surface area contributed by atoms with E-state index in [4.69, 9.17) is 12.2 Å². The monoisotopic (exact) mass is 375 g/mol. The summed E-state index contributed by atoms with van der Waals surface area (Å²) in [5.74, 6) is -0.841. The highest BCUT2D eigenvalue weighted by Gasteiger charge is 2.33. The van der Waals surface area contributed by atoms with E-state index in [-0.39, 0.29) is 5.11 Å². The number of hydrogen-bond acceptors (Lipinski definition) is 3. The van der Waals surface area contributed by atoms with E-state index in [2.05, 4.69) is 17.7 Å². The van der Waals surface area contributed by atoms with Gasteiger partial charge in [-0.3, -0.25) is 15.0 Å². The quantitative estimate of drug-likeness (QED) is 0.537. The Bertz CT molecular complexity index is 1040. The Kier molecular flexibility index (Phi) is 4.33.